The molecule has 1 heterocycles. The van der Waals surface area contributed by atoms with Crippen LogP contribution in [-0.4, -0.2) is 19.0 Å². The molecule has 4 nitrogen and oxygen atoms in total. The molecule has 1 amide bonds. The Labute approximate surface area is 102 Å². The largest absolute Gasteiger partial charge is 0.464 e. The number of thiophene rings is 1. The first-order valence-corrected chi connectivity index (χ1v) is 5.55. The van der Waals surface area contributed by atoms with Gasteiger partial charge in [0.2, 0.25) is 5.91 Å². The van der Waals surface area contributed by atoms with E-state index >= 15 is 0 Å². The van der Waals surface area contributed by atoms with Gasteiger partial charge in [-0.3, -0.25) is 4.79 Å². The molecular weight excluding hydrogens is 250 g/mol. The summed E-state index contributed by atoms with van der Waals surface area (Å²) in [6.45, 7) is 1.32. The molecule has 1 N–H and O–H groups in total. The standard InChI is InChI=1S/C10H10ClNO3S/c1-6(13)12-8(10(14)15-2)5-7-3-4-9(11)16-7/h3-5H,1-2H3,(H,12,13). The van der Waals surface area contributed by atoms with E-state index in [-0.39, 0.29) is 11.6 Å². The zero-order valence-electron chi connectivity index (χ0n) is 8.74. The quantitative estimate of drug-likeness (QED) is 0.668. The third kappa shape index (κ3) is 3.67. The molecule has 0 bridgehead atoms. The van der Waals surface area contributed by atoms with Crippen LogP contribution >= 0.6 is 22.9 Å². The smallest absolute Gasteiger partial charge is 0.354 e. The van der Waals surface area contributed by atoms with Crippen molar-refractivity contribution in [3.63, 3.8) is 0 Å². The summed E-state index contributed by atoms with van der Waals surface area (Å²) in [4.78, 5) is 23.0. The Morgan fingerprint density at radius 3 is 2.62 bits per heavy atom. The van der Waals surface area contributed by atoms with Crippen LogP contribution in [0.5, 0.6) is 0 Å². The highest BCUT2D eigenvalue weighted by Crippen LogP contribution is 2.23. The SMILES string of the molecule is COC(=O)C(=Cc1ccc(Cl)s1)NC(C)=O. The van der Waals surface area contributed by atoms with Crippen molar-refractivity contribution >= 4 is 40.9 Å². The Morgan fingerprint density at radius 1 is 1.50 bits per heavy atom. The predicted molar refractivity (Wildman–Crippen MR) is 63.1 cm³/mol. The lowest BCUT2D eigenvalue weighted by Crippen LogP contribution is -2.25. The summed E-state index contributed by atoms with van der Waals surface area (Å²) in [5, 5.41) is 2.40. The number of carbonyl (C=O) groups excluding carboxylic acids is 2. The summed E-state index contributed by atoms with van der Waals surface area (Å²) in [7, 11) is 1.25. The summed E-state index contributed by atoms with van der Waals surface area (Å²) in [5.41, 5.74) is 0.0912. The van der Waals surface area contributed by atoms with Crippen LogP contribution in [0.1, 0.15) is 11.8 Å². The van der Waals surface area contributed by atoms with Crippen molar-refractivity contribution in [1.82, 2.24) is 5.32 Å². The summed E-state index contributed by atoms with van der Waals surface area (Å²) in [6, 6.07) is 3.46. The second-order valence-electron chi connectivity index (χ2n) is 2.87. The molecule has 16 heavy (non-hydrogen) atoms. The molecule has 0 aliphatic carbocycles. The molecule has 0 fully saturated rings. The van der Waals surface area contributed by atoms with E-state index in [9.17, 15) is 9.59 Å². The summed E-state index contributed by atoms with van der Waals surface area (Å²) < 4.78 is 5.15. The fourth-order valence-corrected chi connectivity index (χ4v) is 2.00. The minimum atomic E-state index is -0.597. The molecular formula is C10H10ClNO3S. The number of ether oxygens (including phenoxy) is 1. The zero-order chi connectivity index (χ0) is 12.1. The maximum absolute atomic E-state index is 11.3. The van der Waals surface area contributed by atoms with Crippen LogP contribution in [0.25, 0.3) is 6.08 Å². The molecule has 0 saturated heterocycles. The first-order valence-electron chi connectivity index (χ1n) is 4.36. The maximum atomic E-state index is 11.3. The van der Waals surface area contributed by atoms with Gasteiger partial charge in [-0.1, -0.05) is 11.6 Å². The van der Waals surface area contributed by atoms with E-state index in [1.807, 2.05) is 0 Å². The van der Waals surface area contributed by atoms with Gasteiger partial charge in [0.1, 0.15) is 5.70 Å². The minimum Gasteiger partial charge on any atom is -0.464 e. The minimum absolute atomic E-state index is 0.0912. The number of methoxy groups -OCH3 is 1. The second-order valence-corrected chi connectivity index (χ2v) is 4.62. The molecule has 1 aromatic heterocycles. The first kappa shape index (κ1) is 12.7. The Bertz CT molecular complexity index is 439. The van der Waals surface area contributed by atoms with Crippen molar-refractivity contribution in [2.75, 3.05) is 7.11 Å². The van der Waals surface area contributed by atoms with Crippen LogP contribution in [0.15, 0.2) is 17.8 Å². The van der Waals surface area contributed by atoms with Gasteiger partial charge in [0.25, 0.3) is 0 Å². The number of hydrogen-bond donors (Lipinski definition) is 1. The van der Waals surface area contributed by atoms with Gasteiger partial charge in [0.05, 0.1) is 11.4 Å². The molecule has 0 aromatic carbocycles. The van der Waals surface area contributed by atoms with Crippen LogP contribution in [0.3, 0.4) is 0 Å². The molecule has 86 valence electrons. The van der Waals surface area contributed by atoms with E-state index < -0.39 is 5.97 Å². The van der Waals surface area contributed by atoms with Crippen molar-refractivity contribution in [2.24, 2.45) is 0 Å². The zero-order valence-corrected chi connectivity index (χ0v) is 10.3. The molecule has 0 unspecified atom stereocenters. The Hall–Kier alpha value is -1.33. The lowest BCUT2D eigenvalue weighted by atomic mass is 10.3. The molecule has 1 rings (SSSR count). The van der Waals surface area contributed by atoms with E-state index in [1.165, 1.54) is 31.4 Å². The second kappa shape index (κ2) is 5.67. The molecule has 6 heteroatoms. The Kier molecular flexibility index (Phi) is 4.52. The normalized spacial score (nSPS) is 11.1. The van der Waals surface area contributed by atoms with E-state index in [0.717, 1.165) is 4.88 Å². The molecule has 1 aromatic rings. The van der Waals surface area contributed by atoms with E-state index in [0.29, 0.717) is 4.34 Å². The van der Waals surface area contributed by atoms with Crippen molar-refractivity contribution in [3.8, 4) is 0 Å². The van der Waals surface area contributed by atoms with Gasteiger partial charge in [-0.25, -0.2) is 4.79 Å². The van der Waals surface area contributed by atoms with E-state index in [2.05, 4.69) is 10.1 Å². The number of amides is 1. The van der Waals surface area contributed by atoms with Crippen molar-refractivity contribution < 1.29 is 14.3 Å². The van der Waals surface area contributed by atoms with Crippen LogP contribution < -0.4 is 5.32 Å². The van der Waals surface area contributed by atoms with Gasteiger partial charge >= 0.3 is 5.97 Å². The molecule has 0 radical (unpaired) electrons. The number of rotatable bonds is 3. The number of hydrogen-bond acceptors (Lipinski definition) is 4. The van der Waals surface area contributed by atoms with Gasteiger partial charge in [0, 0.05) is 11.8 Å². The topological polar surface area (TPSA) is 55.4 Å². The van der Waals surface area contributed by atoms with Crippen LogP contribution in [0.4, 0.5) is 0 Å². The first-order chi connectivity index (χ1) is 7.52. The molecule has 0 spiro atoms. The van der Waals surface area contributed by atoms with Crippen molar-refractivity contribution in [1.29, 1.82) is 0 Å². The number of carbonyl (C=O) groups is 2. The maximum Gasteiger partial charge on any atom is 0.354 e. The lowest BCUT2D eigenvalue weighted by Gasteiger charge is -2.04. The lowest BCUT2D eigenvalue weighted by molar-refractivity contribution is -0.137. The summed E-state index contributed by atoms with van der Waals surface area (Å²) in [6.07, 6.45) is 1.52. The van der Waals surface area contributed by atoms with Crippen molar-refractivity contribution in [2.45, 2.75) is 6.92 Å². The highest BCUT2D eigenvalue weighted by Gasteiger charge is 2.11. The molecule has 0 saturated carbocycles. The Morgan fingerprint density at radius 2 is 2.19 bits per heavy atom. The third-order valence-electron chi connectivity index (χ3n) is 1.60. The average molecular weight is 260 g/mol. The van der Waals surface area contributed by atoms with E-state index in [4.69, 9.17) is 11.6 Å². The fraction of sp³-hybridized carbons (Fsp3) is 0.200. The molecule has 0 atom stereocenters. The van der Waals surface area contributed by atoms with Crippen LogP contribution in [0, 0.1) is 0 Å². The average Bonchev–Trinajstić information content (AvgIpc) is 2.61. The third-order valence-corrected chi connectivity index (χ3v) is 2.77. The van der Waals surface area contributed by atoms with Gasteiger partial charge in [-0.05, 0) is 18.2 Å². The molecule has 0 aliphatic rings. The van der Waals surface area contributed by atoms with E-state index in [1.54, 1.807) is 12.1 Å². The fourth-order valence-electron chi connectivity index (χ4n) is 0.994. The summed E-state index contributed by atoms with van der Waals surface area (Å²) in [5.74, 6) is -0.931. The predicted octanol–water partition coefficient (Wildman–Crippen LogP) is 2.05. The number of nitrogens with one attached hydrogen (secondary N) is 1. The van der Waals surface area contributed by atoms with Crippen LogP contribution in [0.2, 0.25) is 4.34 Å². The monoisotopic (exact) mass is 259 g/mol. The highest BCUT2D eigenvalue weighted by atomic mass is 35.5. The van der Waals surface area contributed by atoms with Gasteiger partial charge in [-0.15, -0.1) is 11.3 Å². The van der Waals surface area contributed by atoms with Gasteiger partial charge < -0.3 is 10.1 Å². The van der Waals surface area contributed by atoms with Gasteiger partial charge in [-0.2, -0.15) is 0 Å². The molecule has 0 aliphatic heterocycles. The highest BCUT2D eigenvalue weighted by molar-refractivity contribution is 7.17. The summed E-state index contributed by atoms with van der Waals surface area (Å²) >= 11 is 7.05. The number of halogens is 1. The van der Waals surface area contributed by atoms with Gasteiger partial charge in [0.15, 0.2) is 0 Å². The number of esters is 1. The van der Waals surface area contributed by atoms with Crippen molar-refractivity contribution in [3.05, 3.63) is 27.0 Å². The van der Waals surface area contributed by atoms with Crippen LogP contribution in [-0.2, 0) is 14.3 Å². The Balaban J connectivity index is 2.95.